The van der Waals surface area contributed by atoms with E-state index in [1.165, 1.54) is 22.9 Å². The minimum absolute atomic E-state index is 0.00116. The highest BCUT2D eigenvalue weighted by Crippen LogP contribution is 2.28. The van der Waals surface area contributed by atoms with Crippen molar-refractivity contribution in [3.05, 3.63) is 47.7 Å². The van der Waals surface area contributed by atoms with E-state index >= 15 is 0 Å². The molecule has 50 heavy (non-hydrogen) atoms. The highest BCUT2D eigenvalue weighted by atomic mass is 16.6. The van der Waals surface area contributed by atoms with Gasteiger partial charge in [0.2, 0.25) is 11.5 Å². The Morgan fingerprint density at radius 3 is 2.46 bits per heavy atom. The topological polar surface area (TPSA) is 168 Å². The molecule has 4 amide bonds. The first-order valence-corrected chi connectivity index (χ1v) is 17.2. The normalized spacial score (nSPS) is 27.9. The molecule has 4 heterocycles. The molecule has 1 aromatic heterocycles. The van der Waals surface area contributed by atoms with Crippen molar-refractivity contribution in [1.82, 2.24) is 31.0 Å². The van der Waals surface area contributed by atoms with Crippen LogP contribution in [0.1, 0.15) is 78.6 Å². The van der Waals surface area contributed by atoms with Gasteiger partial charge < -0.3 is 29.7 Å². The first kappa shape index (κ1) is 36.7. The Morgan fingerprint density at radius 1 is 1.02 bits per heavy atom. The van der Waals surface area contributed by atoms with Gasteiger partial charge in [-0.25, -0.2) is 15.0 Å². The number of carbonyl (C=O) groups is 5. The van der Waals surface area contributed by atoms with Crippen LogP contribution >= 0.6 is 0 Å². The van der Waals surface area contributed by atoms with Gasteiger partial charge in [-0.2, -0.15) is 0 Å². The molecule has 14 heteroatoms. The molecule has 2 fully saturated rings. The molecule has 0 radical (unpaired) electrons. The predicted octanol–water partition coefficient (Wildman–Crippen LogP) is 3.01. The Hall–Kier alpha value is -4.56. The van der Waals surface area contributed by atoms with Crippen LogP contribution in [0.4, 0.5) is 4.79 Å². The van der Waals surface area contributed by atoms with Gasteiger partial charge in [-0.05, 0) is 77.2 Å². The average molecular weight is 693 g/mol. The lowest BCUT2D eigenvalue weighted by Gasteiger charge is -2.40. The molecule has 5 bridgehead atoms. The number of hydrogen-bond acceptors (Lipinski definition) is 10. The van der Waals surface area contributed by atoms with Gasteiger partial charge in [0.25, 0.3) is 11.8 Å². The van der Waals surface area contributed by atoms with E-state index in [-0.39, 0.29) is 25.6 Å². The molecule has 2 aromatic rings. The fourth-order valence-corrected chi connectivity index (χ4v) is 6.07. The van der Waals surface area contributed by atoms with E-state index in [9.17, 15) is 24.0 Å². The van der Waals surface area contributed by atoms with E-state index in [0.29, 0.717) is 36.2 Å². The van der Waals surface area contributed by atoms with Crippen molar-refractivity contribution in [3.63, 3.8) is 0 Å². The second-order valence-electron chi connectivity index (χ2n) is 14.5. The molecule has 1 aromatic carbocycles. The molecule has 3 aliphatic rings. The SMILES string of the molecule is CC(C)[C@@H]1OC(=O)C2(/C=C/c3ccc4ccc(nc4c3)[C@@H](C)NC(=O)[C@@H]3CCCN(N3)C(=O)[C@H](C)NC1=O)CN(C(=O)OC(C)(C)C)CCO2. The van der Waals surface area contributed by atoms with Crippen molar-refractivity contribution >= 4 is 46.8 Å². The summed E-state index contributed by atoms with van der Waals surface area (Å²) in [5.74, 6) is -2.76. The van der Waals surface area contributed by atoms with E-state index < -0.39 is 65.2 Å². The molecule has 1 spiro atoms. The molecule has 0 saturated carbocycles. The summed E-state index contributed by atoms with van der Waals surface area (Å²) in [6.45, 7) is 12.4. The van der Waals surface area contributed by atoms with Crippen LogP contribution < -0.4 is 16.1 Å². The zero-order chi connectivity index (χ0) is 36.4. The van der Waals surface area contributed by atoms with E-state index in [2.05, 4.69) is 16.1 Å². The quantitative estimate of drug-likeness (QED) is 0.378. The van der Waals surface area contributed by atoms with Crippen LogP contribution in [0.5, 0.6) is 0 Å². The molecule has 5 atom stereocenters. The van der Waals surface area contributed by atoms with E-state index in [4.69, 9.17) is 19.2 Å². The summed E-state index contributed by atoms with van der Waals surface area (Å²) in [6, 6.07) is 7.26. The third kappa shape index (κ3) is 8.41. The molecular weight excluding hydrogens is 644 g/mol. The zero-order valence-corrected chi connectivity index (χ0v) is 29.8. The summed E-state index contributed by atoms with van der Waals surface area (Å²) in [6.07, 6.45) is 2.40. The number of hydrazine groups is 1. The van der Waals surface area contributed by atoms with Crippen LogP contribution in [0, 0.1) is 5.92 Å². The number of hydrogen-bond donors (Lipinski definition) is 3. The second-order valence-corrected chi connectivity index (χ2v) is 14.5. The van der Waals surface area contributed by atoms with Gasteiger partial charge in [0.1, 0.15) is 17.7 Å². The highest BCUT2D eigenvalue weighted by molar-refractivity contribution is 5.93. The van der Waals surface area contributed by atoms with Crippen molar-refractivity contribution in [2.45, 2.75) is 96.7 Å². The number of nitrogens with zero attached hydrogens (tertiary/aromatic N) is 3. The molecular formula is C36H48N6O8. The number of amides is 4. The van der Waals surface area contributed by atoms with Gasteiger partial charge in [-0.15, -0.1) is 0 Å². The largest absolute Gasteiger partial charge is 0.450 e. The Labute approximate surface area is 292 Å². The predicted molar refractivity (Wildman–Crippen MR) is 184 cm³/mol. The Kier molecular flexibility index (Phi) is 10.8. The lowest BCUT2D eigenvalue weighted by molar-refractivity contribution is -0.183. The fraction of sp³-hybridized carbons (Fsp3) is 0.556. The minimum atomic E-state index is -1.79. The number of fused-ring (bicyclic) bond motifs is 4. The number of morpholine rings is 1. The van der Waals surface area contributed by atoms with Gasteiger partial charge in [0, 0.05) is 18.5 Å². The lowest BCUT2D eigenvalue weighted by Crippen LogP contribution is -2.61. The smallest absolute Gasteiger partial charge is 0.410 e. The van der Waals surface area contributed by atoms with Crippen LogP contribution in [-0.2, 0) is 33.4 Å². The first-order chi connectivity index (χ1) is 23.5. The van der Waals surface area contributed by atoms with Gasteiger partial charge in [0.15, 0.2) is 6.10 Å². The summed E-state index contributed by atoms with van der Waals surface area (Å²) in [5, 5.41) is 7.91. The van der Waals surface area contributed by atoms with Crippen molar-refractivity contribution in [2.75, 3.05) is 26.2 Å². The highest BCUT2D eigenvalue weighted by Gasteiger charge is 2.47. The number of ether oxygens (including phenoxy) is 3. The molecule has 3 aliphatic heterocycles. The number of aromatic nitrogens is 1. The number of rotatable bonds is 1. The van der Waals surface area contributed by atoms with Crippen molar-refractivity contribution in [3.8, 4) is 0 Å². The van der Waals surface area contributed by atoms with E-state index in [0.717, 1.165) is 5.39 Å². The zero-order valence-electron chi connectivity index (χ0n) is 29.8. The number of benzene rings is 1. The maximum atomic E-state index is 14.2. The van der Waals surface area contributed by atoms with Gasteiger partial charge in [0.05, 0.1) is 30.4 Å². The average Bonchev–Trinajstić information content (AvgIpc) is 3.07. The van der Waals surface area contributed by atoms with Gasteiger partial charge in [-0.1, -0.05) is 38.1 Å². The summed E-state index contributed by atoms with van der Waals surface area (Å²) in [4.78, 5) is 74.0. The van der Waals surface area contributed by atoms with Crippen LogP contribution in [0.3, 0.4) is 0 Å². The van der Waals surface area contributed by atoms with Gasteiger partial charge in [-0.3, -0.25) is 24.4 Å². The van der Waals surface area contributed by atoms with Crippen molar-refractivity contribution in [1.29, 1.82) is 0 Å². The number of esters is 1. The lowest BCUT2D eigenvalue weighted by atomic mass is 9.98. The number of carbonyl (C=O) groups excluding carboxylic acids is 5. The van der Waals surface area contributed by atoms with Crippen LogP contribution in [0.2, 0.25) is 0 Å². The second kappa shape index (κ2) is 14.7. The molecule has 5 rings (SSSR count). The van der Waals surface area contributed by atoms with Crippen molar-refractivity contribution < 1.29 is 38.2 Å². The monoisotopic (exact) mass is 692 g/mol. The van der Waals surface area contributed by atoms with Gasteiger partial charge >= 0.3 is 12.1 Å². The van der Waals surface area contributed by atoms with Crippen LogP contribution in [0.25, 0.3) is 17.0 Å². The summed E-state index contributed by atoms with van der Waals surface area (Å²) >= 11 is 0. The number of nitrogens with one attached hydrogen (secondary N) is 3. The molecule has 0 aliphatic carbocycles. The van der Waals surface area contributed by atoms with Crippen molar-refractivity contribution in [2.24, 2.45) is 5.92 Å². The molecule has 3 N–H and O–H groups in total. The first-order valence-electron chi connectivity index (χ1n) is 17.2. The fourth-order valence-electron chi connectivity index (χ4n) is 6.07. The maximum Gasteiger partial charge on any atom is 0.410 e. The molecule has 2 saturated heterocycles. The number of pyridine rings is 1. The number of cyclic esters (lactones) is 1. The minimum Gasteiger partial charge on any atom is -0.450 e. The summed E-state index contributed by atoms with van der Waals surface area (Å²) in [7, 11) is 0. The summed E-state index contributed by atoms with van der Waals surface area (Å²) in [5.41, 5.74) is 2.44. The van der Waals surface area contributed by atoms with Crippen LogP contribution in [-0.4, -0.2) is 100 Å². The molecule has 1 unspecified atom stereocenters. The van der Waals surface area contributed by atoms with Crippen LogP contribution in [0.15, 0.2) is 36.4 Å². The van der Waals surface area contributed by atoms with E-state index in [1.54, 1.807) is 40.7 Å². The maximum absolute atomic E-state index is 14.2. The Morgan fingerprint density at radius 2 is 1.74 bits per heavy atom. The third-order valence-corrected chi connectivity index (χ3v) is 8.82. The molecule has 14 nitrogen and oxygen atoms in total. The summed E-state index contributed by atoms with van der Waals surface area (Å²) < 4.78 is 17.6. The Balaban J connectivity index is 1.55. The third-order valence-electron chi connectivity index (χ3n) is 8.82. The standard InChI is InChI=1S/C36H48N6O8/c1-21(2)29-31(44)38-23(4)32(45)42-16-8-9-27(40-42)30(43)37-22(3)26-13-12-25-11-10-24(19-28(25)39-26)14-15-36(33(46)49-29)20-41(17-18-48-36)34(47)50-35(5,6)7/h10-15,19,21-23,27,29,40H,8-9,16-18,20H2,1-7H3,(H,37,43)(H,38,44)/b15-14+/t22-,23+,27+,29+,36?/m1/s1. The Bertz CT molecular complexity index is 1670. The molecule has 270 valence electrons. The van der Waals surface area contributed by atoms with E-state index in [1.807, 2.05) is 37.3 Å².